The summed E-state index contributed by atoms with van der Waals surface area (Å²) in [6.07, 6.45) is 1.07. The highest BCUT2D eigenvalue weighted by Crippen LogP contribution is 2.26. The van der Waals surface area contributed by atoms with E-state index in [1.165, 1.54) is 11.1 Å². The number of likely N-dealkylation sites (N-methyl/N-ethyl adjacent to an activating group) is 1. The number of nitrogens with one attached hydrogen (secondary N) is 1. The first-order chi connectivity index (χ1) is 7.83. The first-order valence-corrected chi connectivity index (χ1v) is 5.98. The van der Waals surface area contributed by atoms with E-state index >= 15 is 0 Å². The Balaban J connectivity index is 0.00000108. The zero-order valence-corrected chi connectivity index (χ0v) is 10.9. The second-order valence-electron chi connectivity index (χ2n) is 4.77. The molecule has 0 saturated carbocycles. The smallest absolute Gasteiger partial charge is 0.122 e. The predicted octanol–water partition coefficient (Wildman–Crippen LogP) is 1.45. The van der Waals surface area contributed by atoms with Gasteiger partial charge >= 0.3 is 0 Å². The van der Waals surface area contributed by atoms with E-state index in [1.54, 1.807) is 0 Å². The Morgan fingerprint density at radius 3 is 2.94 bits per heavy atom. The Hall–Kier alpha value is -0.770. The van der Waals surface area contributed by atoms with Crippen LogP contribution in [0, 0.1) is 0 Å². The van der Waals surface area contributed by atoms with Crippen LogP contribution in [0.3, 0.4) is 0 Å². The van der Waals surface area contributed by atoms with Crippen LogP contribution in [0.5, 0.6) is 5.75 Å². The van der Waals surface area contributed by atoms with Gasteiger partial charge in [0.15, 0.2) is 0 Å². The summed E-state index contributed by atoms with van der Waals surface area (Å²) in [5.41, 5.74) is 2.77. The first-order valence-electron chi connectivity index (χ1n) is 5.98. The van der Waals surface area contributed by atoms with E-state index in [0.717, 1.165) is 38.4 Å². The summed E-state index contributed by atoms with van der Waals surface area (Å²) in [6, 6.07) is 7.31. The molecule has 0 aromatic heterocycles. The van der Waals surface area contributed by atoms with Crippen LogP contribution in [0.15, 0.2) is 18.2 Å². The van der Waals surface area contributed by atoms with Gasteiger partial charge in [0.25, 0.3) is 0 Å². The normalized spacial score (nSPS) is 18.2. The van der Waals surface area contributed by atoms with Crippen molar-refractivity contribution < 1.29 is 4.74 Å². The molecule has 0 amide bonds. The summed E-state index contributed by atoms with van der Waals surface area (Å²) in [4.78, 5) is 2.42. The lowest BCUT2D eigenvalue weighted by molar-refractivity contribution is 0.173. The molecule has 0 spiro atoms. The molecule has 1 N–H and O–H groups in total. The molecule has 3 nitrogen and oxygen atoms in total. The van der Waals surface area contributed by atoms with E-state index in [4.69, 9.17) is 4.74 Å². The van der Waals surface area contributed by atoms with Crippen molar-refractivity contribution in [2.24, 2.45) is 0 Å². The van der Waals surface area contributed by atoms with E-state index in [-0.39, 0.29) is 12.4 Å². The molecule has 0 unspecified atom stereocenters. The van der Waals surface area contributed by atoms with Gasteiger partial charge in [0.2, 0.25) is 0 Å². The molecule has 1 fully saturated rings. The van der Waals surface area contributed by atoms with Gasteiger partial charge in [0.1, 0.15) is 5.75 Å². The number of halogens is 1. The fraction of sp³-hybridized carbons (Fsp3) is 0.538. The molecule has 3 rings (SSSR count). The SMILES string of the molecule is CN(Cc1ccc2c(c1)CCO2)C1CNC1.Cl. The summed E-state index contributed by atoms with van der Waals surface area (Å²) in [5.74, 6) is 1.08. The Kier molecular flexibility index (Phi) is 3.92. The standard InChI is InChI=1S/C13H18N2O.ClH/c1-15(12-7-14-8-12)9-10-2-3-13-11(6-10)4-5-16-13;/h2-3,6,12,14H,4-5,7-9H2,1H3;1H. The van der Waals surface area contributed by atoms with E-state index in [9.17, 15) is 0 Å². The molecule has 2 heterocycles. The Labute approximate surface area is 109 Å². The summed E-state index contributed by atoms with van der Waals surface area (Å²) in [6.45, 7) is 4.15. The molecular formula is C13H19ClN2O. The van der Waals surface area contributed by atoms with Crippen LogP contribution < -0.4 is 10.1 Å². The summed E-state index contributed by atoms with van der Waals surface area (Å²) >= 11 is 0. The Morgan fingerprint density at radius 1 is 1.41 bits per heavy atom. The monoisotopic (exact) mass is 254 g/mol. The van der Waals surface area contributed by atoms with Crippen molar-refractivity contribution in [1.82, 2.24) is 10.2 Å². The van der Waals surface area contributed by atoms with E-state index in [0.29, 0.717) is 6.04 Å². The number of nitrogens with zero attached hydrogens (tertiary/aromatic N) is 1. The minimum atomic E-state index is 0. The van der Waals surface area contributed by atoms with Gasteiger partial charge in [-0.2, -0.15) is 0 Å². The van der Waals surface area contributed by atoms with Crippen LogP contribution in [0.2, 0.25) is 0 Å². The van der Waals surface area contributed by atoms with Crippen LogP contribution in [0.25, 0.3) is 0 Å². The number of hydrogen-bond acceptors (Lipinski definition) is 3. The highest BCUT2D eigenvalue weighted by Gasteiger charge is 2.21. The van der Waals surface area contributed by atoms with Crippen molar-refractivity contribution >= 4 is 12.4 Å². The molecule has 0 bridgehead atoms. The Bertz CT molecular complexity index is 393. The van der Waals surface area contributed by atoms with Crippen molar-refractivity contribution in [3.05, 3.63) is 29.3 Å². The van der Waals surface area contributed by atoms with Gasteiger partial charge in [-0.15, -0.1) is 12.4 Å². The van der Waals surface area contributed by atoms with Gasteiger partial charge in [-0.05, 0) is 24.2 Å². The molecule has 0 aliphatic carbocycles. The maximum atomic E-state index is 5.51. The molecule has 2 aliphatic heterocycles. The predicted molar refractivity (Wildman–Crippen MR) is 71.0 cm³/mol. The first kappa shape index (κ1) is 12.7. The van der Waals surface area contributed by atoms with Crippen LogP contribution in [-0.4, -0.2) is 37.7 Å². The molecule has 1 saturated heterocycles. The molecular weight excluding hydrogens is 236 g/mol. The molecule has 1 aromatic rings. The van der Waals surface area contributed by atoms with Gasteiger partial charge in [-0.1, -0.05) is 12.1 Å². The minimum Gasteiger partial charge on any atom is -0.493 e. The number of benzene rings is 1. The second-order valence-corrected chi connectivity index (χ2v) is 4.77. The number of ether oxygens (including phenoxy) is 1. The Morgan fingerprint density at radius 2 is 2.24 bits per heavy atom. The summed E-state index contributed by atoms with van der Waals surface area (Å²) in [7, 11) is 2.20. The molecule has 17 heavy (non-hydrogen) atoms. The van der Waals surface area contributed by atoms with E-state index in [1.807, 2.05) is 0 Å². The van der Waals surface area contributed by atoms with Crippen molar-refractivity contribution in [2.75, 3.05) is 26.7 Å². The third-order valence-corrected chi connectivity index (χ3v) is 3.57. The van der Waals surface area contributed by atoms with Gasteiger partial charge in [0.05, 0.1) is 6.61 Å². The lowest BCUT2D eigenvalue weighted by Crippen LogP contribution is -2.55. The fourth-order valence-corrected chi connectivity index (χ4v) is 2.34. The summed E-state index contributed by atoms with van der Waals surface area (Å²) in [5, 5.41) is 3.31. The van der Waals surface area contributed by atoms with Crippen molar-refractivity contribution in [3.63, 3.8) is 0 Å². The quantitative estimate of drug-likeness (QED) is 0.884. The summed E-state index contributed by atoms with van der Waals surface area (Å²) < 4.78 is 5.51. The molecule has 2 aliphatic rings. The second kappa shape index (κ2) is 5.25. The van der Waals surface area contributed by atoms with Crippen LogP contribution >= 0.6 is 12.4 Å². The fourth-order valence-electron chi connectivity index (χ4n) is 2.34. The van der Waals surface area contributed by atoms with Crippen LogP contribution in [0.4, 0.5) is 0 Å². The lowest BCUT2D eigenvalue weighted by atomic mass is 10.1. The van der Waals surface area contributed by atoms with Crippen molar-refractivity contribution in [2.45, 2.75) is 19.0 Å². The zero-order chi connectivity index (χ0) is 11.0. The molecule has 0 atom stereocenters. The molecule has 1 aromatic carbocycles. The van der Waals surface area contributed by atoms with Gasteiger partial charge < -0.3 is 10.1 Å². The number of fused-ring (bicyclic) bond motifs is 1. The molecule has 94 valence electrons. The third-order valence-electron chi connectivity index (χ3n) is 3.57. The third kappa shape index (κ3) is 2.57. The van der Waals surface area contributed by atoms with Crippen molar-refractivity contribution in [3.8, 4) is 5.75 Å². The number of rotatable bonds is 3. The van der Waals surface area contributed by atoms with Crippen LogP contribution in [0.1, 0.15) is 11.1 Å². The van der Waals surface area contributed by atoms with Crippen LogP contribution in [-0.2, 0) is 13.0 Å². The van der Waals surface area contributed by atoms with Crippen molar-refractivity contribution in [1.29, 1.82) is 0 Å². The maximum absolute atomic E-state index is 5.51. The average Bonchev–Trinajstić information content (AvgIpc) is 2.61. The number of hydrogen-bond donors (Lipinski definition) is 1. The van der Waals surface area contributed by atoms with Gasteiger partial charge in [-0.3, -0.25) is 4.90 Å². The largest absolute Gasteiger partial charge is 0.493 e. The maximum Gasteiger partial charge on any atom is 0.122 e. The molecule has 4 heteroatoms. The van der Waals surface area contributed by atoms with Gasteiger partial charge in [0, 0.05) is 32.1 Å². The van der Waals surface area contributed by atoms with E-state index < -0.39 is 0 Å². The van der Waals surface area contributed by atoms with E-state index in [2.05, 4.69) is 35.5 Å². The van der Waals surface area contributed by atoms with Gasteiger partial charge in [-0.25, -0.2) is 0 Å². The minimum absolute atomic E-state index is 0. The topological polar surface area (TPSA) is 24.5 Å². The lowest BCUT2D eigenvalue weighted by Gasteiger charge is -2.35. The molecule has 0 radical (unpaired) electrons. The average molecular weight is 255 g/mol. The zero-order valence-electron chi connectivity index (χ0n) is 10.1. The highest BCUT2D eigenvalue weighted by atomic mass is 35.5. The highest BCUT2D eigenvalue weighted by molar-refractivity contribution is 5.85.